The number of carboxylic acid groups (broad SMARTS) is 1. The minimum Gasteiger partial charge on any atom is -0.480 e. The average molecular weight is 256 g/mol. The number of aliphatic hydroxyl groups excluding tert-OH is 1. The van der Waals surface area contributed by atoms with Crippen LogP contribution in [0.15, 0.2) is 0 Å². The Labute approximate surface area is 106 Å². The highest BCUT2D eigenvalue weighted by Crippen LogP contribution is 2.23. The number of carboxylic acids is 1. The molecule has 18 heavy (non-hydrogen) atoms. The molecule has 0 aliphatic carbocycles. The van der Waals surface area contributed by atoms with Crippen molar-refractivity contribution < 1.29 is 19.8 Å². The van der Waals surface area contributed by atoms with Crippen LogP contribution in [0.4, 0.5) is 4.79 Å². The van der Waals surface area contributed by atoms with Gasteiger partial charge in [0.05, 0.1) is 6.10 Å². The van der Waals surface area contributed by atoms with Crippen molar-refractivity contribution in [3.63, 3.8) is 0 Å². The number of amides is 2. The van der Waals surface area contributed by atoms with Gasteiger partial charge >= 0.3 is 12.0 Å². The molecule has 0 aromatic rings. The quantitative estimate of drug-likeness (QED) is 0.709. The van der Waals surface area contributed by atoms with E-state index < -0.39 is 18.1 Å². The fourth-order valence-electron chi connectivity index (χ4n) is 2.80. The lowest BCUT2D eigenvalue weighted by Crippen LogP contribution is -2.50. The van der Waals surface area contributed by atoms with Crippen molar-refractivity contribution in [3.8, 4) is 0 Å². The van der Waals surface area contributed by atoms with Gasteiger partial charge in [-0.15, -0.1) is 0 Å². The fraction of sp³-hybridized carbons (Fsp3) is 0.833. The molecule has 2 rings (SSSR count). The Morgan fingerprint density at radius 2 is 2.00 bits per heavy atom. The van der Waals surface area contributed by atoms with Crippen molar-refractivity contribution >= 4 is 12.0 Å². The molecule has 6 heteroatoms. The number of β-amino-alcohol motifs (C(OH)–C–C–N with tert-alkyl or cyclic N) is 1. The molecule has 2 heterocycles. The zero-order valence-corrected chi connectivity index (χ0v) is 10.6. The van der Waals surface area contributed by atoms with Crippen LogP contribution >= 0.6 is 0 Å². The third-order valence-corrected chi connectivity index (χ3v) is 3.74. The molecule has 2 aliphatic heterocycles. The number of aliphatic hydroxyl groups is 1. The number of likely N-dealkylation sites (tertiary alicyclic amines) is 2. The molecule has 2 N–H and O–H groups in total. The lowest BCUT2D eigenvalue weighted by molar-refractivity contribution is -0.141. The first-order valence-corrected chi connectivity index (χ1v) is 6.45. The summed E-state index contributed by atoms with van der Waals surface area (Å²) in [5.41, 5.74) is 0. The molecule has 102 valence electrons. The summed E-state index contributed by atoms with van der Waals surface area (Å²) in [7, 11) is 0. The highest BCUT2D eigenvalue weighted by Gasteiger charge is 2.41. The zero-order valence-electron chi connectivity index (χ0n) is 10.6. The molecule has 0 bridgehead atoms. The molecule has 3 atom stereocenters. The lowest BCUT2D eigenvalue weighted by Gasteiger charge is -2.35. The van der Waals surface area contributed by atoms with Crippen LogP contribution < -0.4 is 0 Å². The van der Waals surface area contributed by atoms with E-state index in [1.165, 1.54) is 4.90 Å². The number of rotatable bonds is 1. The highest BCUT2D eigenvalue weighted by atomic mass is 16.4. The van der Waals surface area contributed by atoms with Crippen molar-refractivity contribution in [1.29, 1.82) is 0 Å². The van der Waals surface area contributed by atoms with E-state index in [1.807, 2.05) is 0 Å². The Morgan fingerprint density at radius 3 is 2.61 bits per heavy atom. The average Bonchev–Trinajstić information content (AvgIpc) is 2.70. The largest absolute Gasteiger partial charge is 0.480 e. The smallest absolute Gasteiger partial charge is 0.326 e. The van der Waals surface area contributed by atoms with Crippen molar-refractivity contribution in [3.05, 3.63) is 0 Å². The number of carbonyl (C=O) groups is 2. The fourth-order valence-corrected chi connectivity index (χ4v) is 2.80. The summed E-state index contributed by atoms with van der Waals surface area (Å²) in [4.78, 5) is 26.4. The van der Waals surface area contributed by atoms with E-state index in [1.54, 1.807) is 4.90 Å². The van der Waals surface area contributed by atoms with Gasteiger partial charge in [-0.3, -0.25) is 0 Å². The Morgan fingerprint density at radius 1 is 1.28 bits per heavy atom. The number of nitrogens with zero attached hydrogens (tertiary/aromatic N) is 2. The van der Waals surface area contributed by atoms with Crippen molar-refractivity contribution in [2.75, 3.05) is 19.6 Å². The van der Waals surface area contributed by atoms with Gasteiger partial charge in [0.2, 0.25) is 0 Å². The predicted molar refractivity (Wildman–Crippen MR) is 64.1 cm³/mol. The van der Waals surface area contributed by atoms with E-state index in [2.05, 4.69) is 6.92 Å². The molecule has 0 spiro atoms. The summed E-state index contributed by atoms with van der Waals surface area (Å²) in [5.74, 6) is -0.580. The molecule has 2 saturated heterocycles. The third-order valence-electron chi connectivity index (χ3n) is 3.74. The molecule has 0 radical (unpaired) electrons. The van der Waals surface area contributed by atoms with E-state index in [0.717, 1.165) is 12.8 Å². The van der Waals surface area contributed by atoms with Gasteiger partial charge < -0.3 is 20.0 Å². The van der Waals surface area contributed by atoms with Gasteiger partial charge in [-0.2, -0.15) is 0 Å². The molecule has 1 unspecified atom stereocenters. The number of carbonyl (C=O) groups excluding carboxylic acids is 1. The first-order chi connectivity index (χ1) is 8.49. The minimum atomic E-state index is -1.04. The van der Waals surface area contributed by atoms with Crippen LogP contribution in [-0.4, -0.2) is 63.8 Å². The Kier molecular flexibility index (Phi) is 3.75. The van der Waals surface area contributed by atoms with Gasteiger partial charge in [0.15, 0.2) is 0 Å². The summed E-state index contributed by atoms with van der Waals surface area (Å²) >= 11 is 0. The summed E-state index contributed by atoms with van der Waals surface area (Å²) in [6, 6.07) is -1.13. The second-order valence-electron chi connectivity index (χ2n) is 5.37. The van der Waals surface area contributed by atoms with Gasteiger partial charge in [0.25, 0.3) is 0 Å². The second kappa shape index (κ2) is 5.14. The van der Waals surface area contributed by atoms with E-state index >= 15 is 0 Å². The van der Waals surface area contributed by atoms with Gasteiger partial charge in [-0.1, -0.05) is 6.92 Å². The number of hydrogen-bond donors (Lipinski definition) is 2. The topological polar surface area (TPSA) is 81.1 Å². The third kappa shape index (κ3) is 2.58. The molecular formula is C12H20N2O4. The molecule has 2 fully saturated rings. The molecule has 2 amide bonds. The summed E-state index contributed by atoms with van der Waals surface area (Å²) in [6.07, 6.45) is 1.47. The highest BCUT2D eigenvalue weighted by molar-refractivity contribution is 5.83. The van der Waals surface area contributed by atoms with Crippen molar-refractivity contribution in [2.45, 2.75) is 38.3 Å². The predicted octanol–water partition coefficient (Wildman–Crippen LogP) is 0.358. The maximum absolute atomic E-state index is 12.3. The maximum atomic E-state index is 12.3. The Bertz CT molecular complexity index is 347. The summed E-state index contributed by atoms with van der Waals surface area (Å²) < 4.78 is 0. The first kappa shape index (κ1) is 13.1. The molecule has 2 aliphatic rings. The van der Waals surface area contributed by atoms with E-state index in [4.69, 9.17) is 5.11 Å². The van der Waals surface area contributed by atoms with Gasteiger partial charge in [0.1, 0.15) is 6.04 Å². The lowest BCUT2D eigenvalue weighted by atomic mass is 10.0. The molecule has 0 saturated carbocycles. The minimum absolute atomic E-state index is 0.126. The first-order valence-electron chi connectivity index (χ1n) is 6.45. The van der Waals surface area contributed by atoms with Crippen molar-refractivity contribution in [1.82, 2.24) is 9.80 Å². The van der Waals surface area contributed by atoms with Crippen LogP contribution in [0.25, 0.3) is 0 Å². The number of hydrogen-bond acceptors (Lipinski definition) is 3. The van der Waals surface area contributed by atoms with E-state index in [0.29, 0.717) is 19.0 Å². The van der Waals surface area contributed by atoms with Crippen LogP contribution in [0.1, 0.15) is 26.2 Å². The van der Waals surface area contributed by atoms with Gasteiger partial charge in [0, 0.05) is 26.1 Å². The van der Waals surface area contributed by atoms with E-state index in [9.17, 15) is 14.7 Å². The monoisotopic (exact) mass is 256 g/mol. The molecule has 0 aromatic heterocycles. The Balaban J connectivity index is 2.05. The van der Waals surface area contributed by atoms with Crippen LogP contribution in [0, 0.1) is 5.92 Å². The van der Waals surface area contributed by atoms with E-state index in [-0.39, 0.29) is 19.0 Å². The normalized spacial score (nSPS) is 32.7. The van der Waals surface area contributed by atoms with Gasteiger partial charge in [-0.25, -0.2) is 9.59 Å². The number of piperidine rings is 1. The molecular weight excluding hydrogens is 236 g/mol. The van der Waals surface area contributed by atoms with Crippen molar-refractivity contribution in [2.24, 2.45) is 5.92 Å². The maximum Gasteiger partial charge on any atom is 0.326 e. The standard InChI is InChI=1S/C12H20N2O4/c1-8-3-2-4-13(6-8)12(18)14-7-9(15)5-10(14)11(16)17/h8-10,15H,2-7H2,1H3,(H,16,17)/t8?,9-,10-/m1/s1. The number of urea groups is 1. The van der Waals surface area contributed by atoms with Crippen LogP contribution in [0.3, 0.4) is 0 Å². The summed E-state index contributed by atoms with van der Waals surface area (Å²) in [5, 5.41) is 18.6. The van der Waals surface area contributed by atoms with Gasteiger partial charge in [-0.05, 0) is 18.8 Å². The number of aliphatic carboxylic acids is 1. The SMILES string of the molecule is CC1CCCN(C(=O)N2C[C@H](O)C[C@@H]2C(=O)O)C1. The molecule has 6 nitrogen and oxygen atoms in total. The van der Waals surface area contributed by atoms with Crippen LogP contribution in [0.5, 0.6) is 0 Å². The Hall–Kier alpha value is -1.30. The van der Waals surface area contributed by atoms with Crippen LogP contribution in [0.2, 0.25) is 0 Å². The summed E-state index contributed by atoms with van der Waals surface area (Å²) in [6.45, 7) is 3.58. The molecule has 0 aromatic carbocycles. The second-order valence-corrected chi connectivity index (χ2v) is 5.37. The van der Waals surface area contributed by atoms with Crippen LogP contribution in [-0.2, 0) is 4.79 Å². The zero-order chi connectivity index (χ0) is 13.3.